The van der Waals surface area contributed by atoms with Crippen LogP contribution in [0.15, 0.2) is 12.4 Å². The van der Waals surface area contributed by atoms with Gasteiger partial charge in [0.05, 0.1) is 11.9 Å². The third kappa shape index (κ3) is 5.29. The summed E-state index contributed by atoms with van der Waals surface area (Å²) in [4.78, 5) is 0. The zero-order chi connectivity index (χ0) is 12.7. The molecule has 17 heavy (non-hydrogen) atoms. The summed E-state index contributed by atoms with van der Waals surface area (Å²) in [5.74, 6) is 0.0925. The predicted molar refractivity (Wildman–Crippen MR) is 67.1 cm³/mol. The lowest BCUT2D eigenvalue weighted by Crippen LogP contribution is -2.33. The minimum Gasteiger partial charge on any atom is -0.316 e. The van der Waals surface area contributed by atoms with Crippen LogP contribution in [-0.2, 0) is 10.0 Å². The van der Waals surface area contributed by atoms with Gasteiger partial charge in [-0.05, 0) is 19.9 Å². The maximum absolute atomic E-state index is 11.7. The highest BCUT2D eigenvalue weighted by molar-refractivity contribution is 7.89. The highest BCUT2D eigenvalue weighted by Gasteiger charge is 2.15. The highest BCUT2D eigenvalue weighted by Crippen LogP contribution is 2.10. The van der Waals surface area contributed by atoms with Crippen LogP contribution in [0.1, 0.15) is 31.9 Å². The molecule has 98 valence electrons. The van der Waals surface area contributed by atoms with Crippen LogP contribution in [0.3, 0.4) is 0 Å². The Morgan fingerprint density at radius 3 is 2.82 bits per heavy atom. The van der Waals surface area contributed by atoms with Gasteiger partial charge >= 0.3 is 0 Å². The second-order valence-electron chi connectivity index (χ2n) is 3.94. The van der Waals surface area contributed by atoms with E-state index in [-0.39, 0.29) is 11.8 Å². The minimum atomic E-state index is -3.24. The fraction of sp³-hybridized carbons (Fsp3) is 0.700. The first kappa shape index (κ1) is 14.1. The number of rotatable bonds is 8. The molecule has 0 spiro atoms. The summed E-state index contributed by atoms with van der Waals surface area (Å²) in [6.45, 7) is 5.15. The molecular weight excluding hydrogens is 240 g/mol. The molecule has 0 bridgehead atoms. The molecule has 1 rings (SSSR count). The van der Waals surface area contributed by atoms with E-state index in [9.17, 15) is 8.42 Å². The monoisotopic (exact) mass is 260 g/mol. The Labute approximate surface area is 102 Å². The normalized spacial score (nSPS) is 13.8. The number of nitrogens with one attached hydrogen (secondary N) is 3. The smallest absolute Gasteiger partial charge is 0.213 e. The van der Waals surface area contributed by atoms with Gasteiger partial charge in [0.2, 0.25) is 10.0 Å². The maximum Gasteiger partial charge on any atom is 0.213 e. The average Bonchev–Trinajstić information content (AvgIpc) is 2.77. The van der Waals surface area contributed by atoms with Crippen molar-refractivity contribution in [2.45, 2.75) is 26.3 Å². The van der Waals surface area contributed by atoms with Crippen LogP contribution >= 0.6 is 0 Å². The van der Waals surface area contributed by atoms with Gasteiger partial charge in [-0.1, -0.05) is 6.92 Å². The molecule has 6 nitrogen and oxygen atoms in total. The van der Waals surface area contributed by atoms with Crippen molar-refractivity contribution in [1.29, 1.82) is 0 Å². The first-order chi connectivity index (χ1) is 8.05. The number of aromatic nitrogens is 2. The maximum atomic E-state index is 11.7. The average molecular weight is 260 g/mol. The third-order valence-corrected chi connectivity index (χ3v) is 3.80. The molecule has 1 heterocycles. The summed E-state index contributed by atoms with van der Waals surface area (Å²) >= 11 is 0. The molecule has 0 saturated carbocycles. The fourth-order valence-corrected chi connectivity index (χ4v) is 2.61. The van der Waals surface area contributed by atoms with Crippen molar-refractivity contribution in [3.63, 3.8) is 0 Å². The van der Waals surface area contributed by atoms with Gasteiger partial charge < -0.3 is 5.32 Å². The Balaban J connectivity index is 2.38. The van der Waals surface area contributed by atoms with Crippen LogP contribution in [0.4, 0.5) is 0 Å². The van der Waals surface area contributed by atoms with Gasteiger partial charge in [0, 0.05) is 24.3 Å². The molecule has 1 atom stereocenters. The summed E-state index contributed by atoms with van der Waals surface area (Å²) in [7, 11) is -3.24. The molecule has 0 saturated heterocycles. The topological polar surface area (TPSA) is 86.9 Å². The number of sulfonamides is 1. The van der Waals surface area contributed by atoms with E-state index in [2.05, 4.69) is 20.2 Å². The van der Waals surface area contributed by atoms with Gasteiger partial charge in [-0.15, -0.1) is 0 Å². The lowest BCUT2D eigenvalue weighted by atomic mass is 10.2. The van der Waals surface area contributed by atoms with Crippen molar-refractivity contribution in [3.05, 3.63) is 18.0 Å². The van der Waals surface area contributed by atoms with Gasteiger partial charge in [-0.3, -0.25) is 5.10 Å². The second-order valence-corrected chi connectivity index (χ2v) is 5.81. The van der Waals surface area contributed by atoms with Gasteiger partial charge in [-0.2, -0.15) is 5.10 Å². The van der Waals surface area contributed by atoms with Crippen LogP contribution in [-0.4, -0.2) is 37.5 Å². The van der Waals surface area contributed by atoms with Gasteiger partial charge in [0.25, 0.3) is 0 Å². The van der Waals surface area contributed by atoms with Crippen LogP contribution in [0, 0.1) is 0 Å². The highest BCUT2D eigenvalue weighted by atomic mass is 32.2. The van der Waals surface area contributed by atoms with E-state index in [1.807, 2.05) is 6.92 Å². The zero-order valence-corrected chi connectivity index (χ0v) is 11.0. The van der Waals surface area contributed by atoms with Crippen molar-refractivity contribution in [2.75, 3.05) is 18.8 Å². The molecule has 3 N–H and O–H groups in total. The van der Waals surface area contributed by atoms with Crippen molar-refractivity contribution in [1.82, 2.24) is 20.2 Å². The van der Waals surface area contributed by atoms with Crippen molar-refractivity contribution < 1.29 is 8.42 Å². The number of hydrogen-bond acceptors (Lipinski definition) is 4. The third-order valence-electron chi connectivity index (χ3n) is 2.35. The molecule has 0 radical (unpaired) electrons. The SMILES string of the molecule is CCCNCCS(=O)(=O)NC(C)c1cn[nH]c1. The van der Waals surface area contributed by atoms with E-state index in [0.717, 1.165) is 18.5 Å². The molecule has 0 fully saturated rings. The molecule has 1 aromatic heterocycles. The van der Waals surface area contributed by atoms with Crippen molar-refractivity contribution in [3.8, 4) is 0 Å². The summed E-state index contributed by atoms with van der Waals surface area (Å²) in [6.07, 6.45) is 4.30. The van der Waals surface area contributed by atoms with E-state index in [4.69, 9.17) is 0 Å². The van der Waals surface area contributed by atoms with E-state index >= 15 is 0 Å². The first-order valence-electron chi connectivity index (χ1n) is 5.74. The first-order valence-corrected chi connectivity index (χ1v) is 7.40. The molecule has 0 aromatic carbocycles. The second kappa shape index (κ2) is 6.73. The van der Waals surface area contributed by atoms with Gasteiger partial charge in [0.1, 0.15) is 0 Å². The number of nitrogens with zero attached hydrogens (tertiary/aromatic N) is 1. The predicted octanol–water partition coefficient (Wildman–Crippen LogP) is 0.390. The molecule has 7 heteroatoms. The van der Waals surface area contributed by atoms with Crippen LogP contribution in [0.25, 0.3) is 0 Å². The number of aromatic amines is 1. The van der Waals surface area contributed by atoms with E-state index in [1.54, 1.807) is 19.3 Å². The Bertz CT molecular complexity index is 402. The molecule has 0 aliphatic rings. The van der Waals surface area contributed by atoms with E-state index in [0.29, 0.717) is 6.54 Å². The van der Waals surface area contributed by atoms with E-state index in [1.165, 1.54) is 0 Å². The summed E-state index contributed by atoms with van der Waals surface area (Å²) in [5.41, 5.74) is 0.829. The Morgan fingerprint density at radius 2 is 2.24 bits per heavy atom. The molecular formula is C10H20N4O2S. The lowest BCUT2D eigenvalue weighted by Gasteiger charge is -2.12. The molecule has 1 aromatic rings. The van der Waals surface area contributed by atoms with Crippen LogP contribution in [0.5, 0.6) is 0 Å². The zero-order valence-electron chi connectivity index (χ0n) is 10.2. The van der Waals surface area contributed by atoms with Crippen molar-refractivity contribution in [2.24, 2.45) is 0 Å². The van der Waals surface area contributed by atoms with Gasteiger partial charge in [-0.25, -0.2) is 13.1 Å². The fourth-order valence-electron chi connectivity index (χ4n) is 1.40. The van der Waals surface area contributed by atoms with Crippen LogP contribution < -0.4 is 10.0 Å². The Morgan fingerprint density at radius 1 is 1.47 bits per heavy atom. The molecule has 0 aliphatic carbocycles. The number of H-pyrrole nitrogens is 1. The van der Waals surface area contributed by atoms with Crippen molar-refractivity contribution >= 4 is 10.0 Å². The Hall–Kier alpha value is -0.920. The Kier molecular flexibility index (Phi) is 5.60. The summed E-state index contributed by atoms with van der Waals surface area (Å²) < 4.78 is 26.0. The van der Waals surface area contributed by atoms with Gasteiger partial charge in [0.15, 0.2) is 0 Å². The summed E-state index contributed by atoms with van der Waals surface area (Å²) in [5, 5.41) is 9.51. The lowest BCUT2D eigenvalue weighted by molar-refractivity contribution is 0.562. The molecule has 0 aliphatic heterocycles. The summed E-state index contributed by atoms with van der Waals surface area (Å²) in [6, 6.07) is -0.259. The quantitative estimate of drug-likeness (QED) is 0.590. The van der Waals surface area contributed by atoms with E-state index < -0.39 is 10.0 Å². The van der Waals surface area contributed by atoms with Crippen LogP contribution in [0.2, 0.25) is 0 Å². The minimum absolute atomic E-state index is 0.0925. The standard InChI is InChI=1S/C10H20N4O2S/c1-3-4-11-5-6-17(15,16)14-9(2)10-7-12-13-8-10/h7-9,11,14H,3-6H2,1-2H3,(H,12,13). The molecule has 0 amide bonds. The largest absolute Gasteiger partial charge is 0.316 e. The number of hydrogen-bond donors (Lipinski definition) is 3. The molecule has 1 unspecified atom stereocenters.